The number of hydrogen-bond acceptors (Lipinski definition) is 3. The highest BCUT2D eigenvalue weighted by Gasteiger charge is 2.45. The van der Waals surface area contributed by atoms with Crippen molar-refractivity contribution < 1.29 is 14.4 Å². The first-order valence-corrected chi connectivity index (χ1v) is 19.7. The molecule has 3 heterocycles. The van der Waals surface area contributed by atoms with E-state index in [1.807, 2.05) is 60.7 Å². The monoisotopic (exact) mass is 756 g/mol. The topological polar surface area (TPSA) is 67.6 Å². The number of rotatable bonds is 6. The molecule has 1 aliphatic heterocycles. The number of urea groups is 1. The van der Waals surface area contributed by atoms with E-state index in [4.69, 9.17) is 0 Å². The lowest BCUT2D eigenvalue weighted by atomic mass is 9.94. The maximum atomic E-state index is 14.9. The maximum Gasteiger partial charge on any atom is 0.334 e. The highest BCUT2D eigenvalue weighted by molar-refractivity contribution is 6.30. The van der Waals surface area contributed by atoms with E-state index < -0.39 is 17.8 Å². The van der Waals surface area contributed by atoms with Gasteiger partial charge in [-0.05, 0) is 75.7 Å². The van der Waals surface area contributed by atoms with Crippen molar-refractivity contribution in [3.8, 4) is 0 Å². The number of allylic oxidation sites excluding steroid dienone is 5. The predicted molar refractivity (Wildman–Crippen MR) is 232 cm³/mol. The average Bonchev–Trinajstić information content (AvgIpc) is 3.87. The third kappa shape index (κ3) is 5.69. The zero-order chi connectivity index (χ0) is 39.5. The average molecular weight is 757 g/mol. The molecule has 2 aromatic heterocycles. The minimum atomic E-state index is -0.623. The zero-order valence-corrected chi connectivity index (χ0v) is 32.4. The second-order valence-corrected chi connectivity index (χ2v) is 15.3. The van der Waals surface area contributed by atoms with Gasteiger partial charge in [-0.25, -0.2) is 4.79 Å². The Kier molecular flexibility index (Phi) is 8.52. The molecule has 0 bridgehead atoms. The Hall–Kier alpha value is -7.25. The molecule has 0 radical (unpaired) electrons. The van der Waals surface area contributed by atoms with Crippen molar-refractivity contribution >= 4 is 73.3 Å². The van der Waals surface area contributed by atoms with E-state index in [-0.39, 0.29) is 18.7 Å². The maximum absolute atomic E-state index is 14.9. The molecule has 0 spiro atoms. The smallest absolute Gasteiger partial charge is 0.334 e. The normalized spacial score (nSPS) is 17.4. The van der Waals surface area contributed by atoms with Crippen LogP contribution in [0.15, 0.2) is 168 Å². The molecule has 58 heavy (non-hydrogen) atoms. The second kappa shape index (κ2) is 14.0. The summed E-state index contributed by atoms with van der Waals surface area (Å²) in [6, 6.07) is 43.7. The molecule has 7 heteroatoms. The van der Waals surface area contributed by atoms with Crippen molar-refractivity contribution in [1.82, 2.24) is 18.9 Å². The molecule has 6 aromatic carbocycles. The number of amides is 4. The first kappa shape index (κ1) is 35.2. The first-order valence-electron chi connectivity index (χ1n) is 19.7. The molecule has 2 aliphatic rings. The molecule has 4 amide bonds. The lowest BCUT2D eigenvalue weighted by Gasteiger charge is -2.35. The molecule has 7 nitrogen and oxygen atoms in total. The van der Waals surface area contributed by atoms with Crippen LogP contribution < -0.4 is 10.7 Å². The van der Waals surface area contributed by atoms with Crippen molar-refractivity contribution in [3.63, 3.8) is 0 Å². The number of imide groups is 2. The van der Waals surface area contributed by atoms with E-state index in [0.717, 1.165) is 54.8 Å². The molecule has 8 aromatic rings. The summed E-state index contributed by atoms with van der Waals surface area (Å²) in [5.41, 5.74) is 6.24. The van der Waals surface area contributed by atoms with Gasteiger partial charge in [0.05, 0.1) is 13.1 Å². The molecule has 0 atom stereocenters. The molecular formula is C51H40N4O3. The molecule has 0 unspecified atom stereocenters. The number of barbiturate groups is 1. The van der Waals surface area contributed by atoms with Gasteiger partial charge < -0.3 is 9.13 Å². The highest BCUT2D eigenvalue weighted by atomic mass is 16.2. The van der Waals surface area contributed by atoms with E-state index in [1.54, 1.807) is 0 Å². The summed E-state index contributed by atoms with van der Waals surface area (Å²) in [5.74, 6) is -1.16. The van der Waals surface area contributed by atoms with Crippen LogP contribution >= 0.6 is 0 Å². The fourth-order valence-electron chi connectivity index (χ4n) is 9.10. The van der Waals surface area contributed by atoms with Gasteiger partial charge in [0.1, 0.15) is 5.57 Å². The van der Waals surface area contributed by atoms with E-state index >= 15 is 0 Å². The van der Waals surface area contributed by atoms with E-state index in [1.165, 1.54) is 31.3 Å². The van der Waals surface area contributed by atoms with Gasteiger partial charge in [-0.1, -0.05) is 133 Å². The first-order chi connectivity index (χ1) is 28.4. The fourth-order valence-corrected chi connectivity index (χ4v) is 9.10. The number of nitrogens with zero attached hydrogens (tertiary/aromatic N) is 4. The van der Waals surface area contributed by atoms with Gasteiger partial charge in [0.15, 0.2) is 0 Å². The van der Waals surface area contributed by atoms with Crippen molar-refractivity contribution in [2.45, 2.75) is 25.9 Å². The Balaban J connectivity index is 1.20. The van der Waals surface area contributed by atoms with E-state index in [2.05, 4.69) is 120 Å². The Morgan fingerprint density at radius 2 is 0.879 bits per heavy atom. The van der Waals surface area contributed by atoms with Crippen molar-refractivity contribution in [1.29, 1.82) is 0 Å². The molecule has 10 rings (SSSR count). The van der Waals surface area contributed by atoms with Crippen LogP contribution in [0, 0.1) is 0 Å². The van der Waals surface area contributed by atoms with Crippen LogP contribution in [0.3, 0.4) is 0 Å². The number of benzene rings is 6. The Morgan fingerprint density at radius 3 is 1.31 bits per heavy atom. The van der Waals surface area contributed by atoms with Gasteiger partial charge in [0.25, 0.3) is 11.8 Å². The number of aromatic nitrogens is 2. The zero-order valence-electron chi connectivity index (χ0n) is 32.4. The van der Waals surface area contributed by atoms with Gasteiger partial charge in [-0.15, -0.1) is 0 Å². The Bertz CT molecular complexity index is 2980. The molecule has 0 N–H and O–H groups in total. The fraction of sp³-hybridized carbons (Fsp3) is 0.118. The highest BCUT2D eigenvalue weighted by Crippen LogP contribution is 2.41. The standard InChI is InChI=1S/C51H40N4O3/c1-52-41(39-21-9-17-35-19-11-23-43(52)46(35)39)29-27-37-25-26-38(28-30-42-40-22-10-18-36-20-12-24-44(47(36)40)53(42)2)45(37)48-49(56)54(31-33-13-5-3-6-14-33)51(58)55(50(48)57)32-34-15-7-4-8-16-34/h3-24,27-30H,25-26,31-32H2,1-2H3/b37-27-,38-28+,41-29-,42-30?. The van der Waals surface area contributed by atoms with E-state index in [9.17, 15) is 14.4 Å². The predicted octanol–water partition coefficient (Wildman–Crippen LogP) is 8.81. The Labute approximate surface area is 335 Å². The van der Waals surface area contributed by atoms with Crippen LogP contribution in [0.5, 0.6) is 0 Å². The van der Waals surface area contributed by atoms with E-state index in [0.29, 0.717) is 18.4 Å². The number of hydrogen-bond donors (Lipinski definition) is 0. The summed E-state index contributed by atoms with van der Waals surface area (Å²) in [7, 11) is 4.15. The third-order valence-electron chi connectivity index (χ3n) is 12.0. The molecule has 2 fully saturated rings. The molecule has 1 aliphatic carbocycles. The van der Waals surface area contributed by atoms with Crippen LogP contribution in [0.1, 0.15) is 24.0 Å². The summed E-state index contributed by atoms with van der Waals surface area (Å²) in [4.78, 5) is 46.5. The van der Waals surface area contributed by atoms with Crippen LogP contribution in [-0.2, 0) is 36.8 Å². The van der Waals surface area contributed by atoms with Crippen LogP contribution in [-0.4, -0.2) is 36.8 Å². The molecule has 282 valence electrons. The minimum absolute atomic E-state index is 0.0218. The second-order valence-electron chi connectivity index (χ2n) is 15.3. The van der Waals surface area contributed by atoms with Crippen LogP contribution in [0.2, 0.25) is 0 Å². The third-order valence-corrected chi connectivity index (χ3v) is 12.0. The summed E-state index contributed by atoms with van der Waals surface area (Å²) < 4.78 is 4.40. The van der Waals surface area contributed by atoms with Crippen molar-refractivity contribution in [3.05, 3.63) is 190 Å². The summed E-state index contributed by atoms with van der Waals surface area (Å²) in [6.45, 7) is 0.0837. The summed E-state index contributed by atoms with van der Waals surface area (Å²) in [6.07, 6.45) is 9.61. The Morgan fingerprint density at radius 1 is 0.466 bits per heavy atom. The van der Waals surface area contributed by atoms with Gasteiger partial charge in [-0.3, -0.25) is 19.4 Å². The van der Waals surface area contributed by atoms with Gasteiger partial charge in [-0.2, -0.15) is 0 Å². The lowest BCUT2D eigenvalue weighted by molar-refractivity contribution is -0.136. The van der Waals surface area contributed by atoms with Crippen molar-refractivity contribution in [2.75, 3.05) is 0 Å². The summed E-state index contributed by atoms with van der Waals surface area (Å²) >= 11 is 0. The van der Waals surface area contributed by atoms with Crippen LogP contribution in [0.4, 0.5) is 4.79 Å². The number of aryl methyl sites for hydroxylation is 2. The molecule has 1 saturated carbocycles. The van der Waals surface area contributed by atoms with Gasteiger partial charge >= 0.3 is 6.03 Å². The SMILES string of the molecule is Cn1c(=C/C=C2\CC/C(=C/C=c3/c4cccc5cccc(c54)n3C)C2=C2C(=O)N(Cc3ccccc3)C(=O)N(Cc3ccccc3)C2=O)c2cccc3cccc1c32. The number of carbonyl (C=O) groups is 3. The summed E-state index contributed by atoms with van der Waals surface area (Å²) in [5, 5.41) is 9.10. The quantitative estimate of drug-likeness (QED) is 0.126. The molecular weight excluding hydrogens is 717 g/mol. The largest absolute Gasteiger partial charge is 0.344 e. The van der Waals surface area contributed by atoms with Crippen molar-refractivity contribution in [2.24, 2.45) is 14.1 Å². The van der Waals surface area contributed by atoms with Crippen LogP contribution in [0.25, 0.3) is 55.5 Å². The molecule has 1 saturated heterocycles. The number of carbonyl (C=O) groups excluding carboxylic acids is 3. The van der Waals surface area contributed by atoms with Gasteiger partial charge in [0.2, 0.25) is 0 Å². The lowest BCUT2D eigenvalue weighted by Crippen LogP contribution is -2.55. The minimum Gasteiger partial charge on any atom is -0.344 e. The van der Waals surface area contributed by atoms with Gasteiger partial charge in [0, 0.05) is 57.4 Å².